The molecule has 0 bridgehead atoms. The Morgan fingerprint density at radius 3 is 2.89 bits per heavy atom. The van der Waals surface area contributed by atoms with Gasteiger partial charge in [-0.05, 0) is 25.7 Å². The highest BCUT2D eigenvalue weighted by Crippen LogP contribution is 2.28. The summed E-state index contributed by atoms with van der Waals surface area (Å²) < 4.78 is 11.1. The van der Waals surface area contributed by atoms with Gasteiger partial charge in [-0.25, -0.2) is 4.98 Å². The first kappa shape index (κ1) is 13.5. The monoisotopic (exact) mass is 282 g/mol. The number of nitrogens with zero attached hydrogens (tertiary/aromatic N) is 2. The molecule has 0 aromatic carbocycles. The van der Waals surface area contributed by atoms with E-state index in [0.29, 0.717) is 6.04 Å². The Labute approximate surface area is 118 Å². The van der Waals surface area contributed by atoms with E-state index in [9.17, 15) is 0 Å². The third-order valence-electron chi connectivity index (χ3n) is 4.05. The third-order valence-corrected chi connectivity index (χ3v) is 4.84. The van der Waals surface area contributed by atoms with E-state index in [-0.39, 0.29) is 0 Å². The van der Waals surface area contributed by atoms with Gasteiger partial charge in [-0.15, -0.1) is 11.3 Å². The molecule has 4 nitrogen and oxygen atoms in total. The molecule has 2 aliphatic rings. The number of aryl methyl sites for hydroxylation is 1. The minimum Gasteiger partial charge on any atom is -0.381 e. The molecule has 0 unspecified atom stereocenters. The Morgan fingerprint density at radius 2 is 2.16 bits per heavy atom. The summed E-state index contributed by atoms with van der Waals surface area (Å²) >= 11 is 1.73. The van der Waals surface area contributed by atoms with Crippen molar-refractivity contribution in [1.29, 1.82) is 0 Å². The Hall–Kier alpha value is -0.490. The van der Waals surface area contributed by atoms with Gasteiger partial charge >= 0.3 is 0 Å². The van der Waals surface area contributed by atoms with Gasteiger partial charge in [0, 0.05) is 31.7 Å². The summed E-state index contributed by atoms with van der Waals surface area (Å²) in [5.41, 5.74) is 1.19. The maximum absolute atomic E-state index is 5.66. The fourth-order valence-corrected chi connectivity index (χ4v) is 3.58. The van der Waals surface area contributed by atoms with Crippen LogP contribution in [-0.2, 0) is 9.47 Å². The van der Waals surface area contributed by atoms with Gasteiger partial charge in [0.2, 0.25) is 0 Å². The van der Waals surface area contributed by atoms with Crippen LogP contribution in [0.15, 0.2) is 5.38 Å². The van der Waals surface area contributed by atoms with Crippen molar-refractivity contribution in [3.8, 4) is 0 Å². The molecule has 5 heteroatoms. The number of rotatable bonds is 3. The molecule has 0 spiro atoms. The van der Waals surface area contributed by atoms with Gasteiger partial charge in [0.15, 0.2) is 0 Å². The second-order valence-corrected chi connectivity index (χ2v) is 6.50. The standard InChI is InChI=1S/C14H22N2O2S/c1-11-15-13(10-19-11)14-9-18-7-4-16(14)8-12-2-5-17-6-3-12/h10,12,14H,2-9H2,1H3/t14-/m1/s1. The van der Waals surface area contributed by atoms with Crippen LogP contribution in [0.1, 0.15) is 29.6 Å². The first-order chi connectivity index (χ1) is 9.33. The number of hydrogen-bond acceptors (Lipinski definition) is 5. The molecule has 106 valence electrons. The minimum atomic E-state index is 0.349. The van der Waals surface area contributed by atoms with Crippen LogP contribution < -0.4 is 0 Å². The van der Waals surface area contributed by atoms with Crippen molar-refractivity contribution in [1.82, 2.24) is 9.88 Å². The molecule has 0 radical (unpaired) electrons. The van der Waals surface area contributed by atoms with Crippen LogP contribution in [0.25, 0.3) is 0 Å². The largest absolute Gasteiger partial charge is 0.381 e. The van der Waals surface area contributed by atoms with E-state index in [4.69, 9.17) is 9.47 Å². The maximum Gasteiger partial charge on any atom is 0.0898 e. The summed E-state index contributed by atoms with van der Waals surface area (Å²) in [5.74, 6) is 0.772. The summed E-state index contributed by atoms with van der Waals surface area (Å²) in [6, 6.07) is 0.349. The topological polar surface area (TPSA) is 34.6 Å². The van der Waals surface area contributed by atoms with E-state index < -0.39 is 0 Å². The number of ether oxygens (including phenoxy) is 2. The van der Waals surface area contributed by atoms with Gasteiger partial charge in [0.05, 0.1) is 30.0 Å². The zero-order valence-corrected chi connectivity index (χ0v) is 12.3. The number of morpholine rings is 1. The quantitative estimate of drug-likeness (QED) is 0.851. The second kappa shape index (κ2) is 6.31. The maximum atomic E-state index is 5.66. The molecule has 1 aromatic rings. The Bertz CT molecular complexity index is 404. The fraction of sp³-hybridized carbons (Fsp3) is 0.786. The summed E-state index contributed by atoms with van der Waals surface area (Å²) in [7, 11) is 0. The van der Waals surface area contributed by atoms with Crippen LogP contribution in [0.5, 0.6) is 0 Å². The van der Waals surface area contributed by atoms with Crippen molar-refractivity contribution in [2.24, 2.45) is 5.92 Å². The number of hydrogen-bond donors (Lipinski definition) is 0. The minimum absolute atomic E-state index is 0.349. The van der Waals surface area contributed by atoms with Gasteiger partial charge in [-0.3, -0.25) is 4.90 Å². The molecular formula is C14H22N2O2S. The van der Waals surface area contributed by atoms with Crippen molar-refractivity contribution in [2.45, 2.75) is 25.8 Å². The lowest BCUT2D eigenvalue weighted by Crippen LogP contribution is -2.43. The van der Waals surface area contributed by atoms with E-state index >= 15 is 0 Å². The second-order valence-electron chi connectivity index (χ2n) is 5.43. The van der Waals surface area contributed by atoms with Crippen molar-refractivity contribution in [3.05, 3.63) is 16.1 Å². The fourth-order valence-electron chi connectivity index (χ4n) is 2.92. The molecule has 0 aliphatic carbocycles. The first-order valence-corrected chi connectivity index (χ1v) is 8.02. The van der Waals surface area contributed by atoms with Crippen LogP contribution in [0.3, 0.4) is 0 Å². The molecule has 2 saturated heterocycles. The van der Waals surface area contributed by atoms with Crippen LogP contribution >= 0.6 is 11.3 Å². The van der Waals surface area contributed by atoms with E-state index in [1.807, 2.05) is 0 Å². The van der Waals surface area contributed by atoms with E-state index in [0.717, 1.165) is 50.4 Å². The van der Waals surface area contributed by atoms with E-state index in [2.05, 4.69) is 22.2 Å². The van der Waals surface area contributed by atoms with Gasteiger partial charge in [0.25, 0.3) is 0 Å². The summed E-state index contributed by atoms with van der Waals surface area (Å²) in [6.07, 6.45) is 2.39. The molecule has 3 heterocycles. The van der Waals surface area contributed by atoms with Crippen LogP contribution in [0.2, 0.25) is 0 Å². The van der Waals surface area contributed by atoms with Crippen LogP contribution in [-0.4, -0.2) is 49.4 Å². The molecule has 19 heavy (non-hydrogen) atoms. The van der Waals surface area contributed by atoms with E-state index in [1.54, 1.807) is 11.3 Å². The highest BCUT2D eigenvalue weighted by Gasteiger charge is 2.28. The SMILES string of the molecule is Cc1nc([C@H]2COCCN2CC2CCOCC2)cs1. The molecule has 0 N–H and O–H groups in total. The highest BCUT2D eigenvalue weighted by atomic mass is 32.1. The first-order valence-electron chi connectivity index (χ1n) is 7.14. The van der Waals surface area contributed by atoms with Gasteiger partial charge in [0.1, 0.15) is 0 Å². The van der Waals surface area contributed by atoms with Crippen LogP contribution in [0.4, 0.5) is 0 Å². The molecule has 0 saturated carbocycles. The summed E-state index contributed by atoms with van der Waals surface area (Å²) in [4.78, 5) is 7.21. The Balaban J connectivity index is 1.66. The molecule has 1 atom stereocenters. The lowest BCUT2D eigenvalue weighted by Gasteiger charge is -2.37. The van der Waals surface area contributed by atoms with Gasteiger partial charge in [-0.2, -0.15) is 0 Å². The summed E-state index contributed by atoms with van der Waals surface area (Å²) in [6.45, 7) is 7.74. The molecule has 0 amide bonds. The van der Waals surface area contributed by atoms with Crippen LogP contribution in [0, 0.1) is 12.8 Å². The predicted molar refractivity (Wildman–Crippen MR) is 75.5 cm³/mol. The highest BCUT2D eigenvalue weighted by molar-refractivity contribution is 7.09. The molecule has 2 aliphatic heterocycles. The van der Waals surface area contributed by atoms with Crippen molar-refractivity contribution < 1.29 is 9.47 Å². The number of aromatic nitrogens is 1. The van der Waals surface area contributed by atoms with Gasteiger partial charge in [-0.1, -0.05) is 0 Å². The van der Waals surface area contributed by atoms with E-state index in [1.165, 1.54) is 18.5 Å². The zero-order chi connectivity index (χ0) is 13.1. The van der Waals surface area contributed by atoms with Gasteiger partial charge < -0.3 is 9.47 Å². The van der Waals surface area contributed by atoms with Crippen molar-refractivity contribution in [3.63, 3.8) is 0 Å². The predicted octanol–water partition coefficient (Wildman–Crippen LogP) is 2.25. The lowest BCUT2D eigenvalue weighted by atomic mass is 9.98. The average Bonchev–Trinajstić information content (AvgIpc) is 2.87. The lowest BCUT2D eigenvalue weighted by molar-refractivity contribution is -0.0279. The van der Waals surface area contributed by atoms with Crippen molar-refractivity contribution in [2.75, 3.05) is 39.5 Å². The molecular weight excluding hydrogens is 260 g/mol. The molecule has 3 rings (SSSR count). The smallest absolute Gasteiger partial charge is 0.0898 e. The average molecular weight is 282 g/mol. The van der Waals surface area contributed by atoms with Crippen molar-refractivity contribution >= 4 is 11.3 Å². The summed E-state index contributed by atoms with van der Waals surface area (Å²) in [5, 5.41) is 3.33. The number of thiazole rings is 1. The third kappa shape index (κ3) is 3.34. The molecule has 2 fully saturated rings. The molecule has 1 aromatic heterocycles. The normalized spacial score (nSPS) is 26.7. The Morgan fingerprint density at radius 1 is 1.32 bits per heavy atom. The zero-order valence-electron chi connectivity index (χ0n) is 11.5. The Kier molecular flexibility index (Phi) is 4.48.